The number of benzene rings is 2. The van der Waals surface area contributed by atoms with E-state index in [0.717, 1.165) is 23.4 Å². The first-order valence-corrected chi connectivity index (χ1v) is 11.0. The molecule has 6 heteroatoms. The highest BCUT2D eigenvalue weighted by molar-refractivity contribution is 5.65. The van der Waals surface area contributed by atoms with Crippen molar-refractivity contribution >= 4 is 0 Å². The van der Waals surface area contributed by atoms with Gasteiger partial charge in [-0.05, 0) is 37.8 Å². The number of halogens is 1. The molecule has 1 N–H and O–H groups in total. The Balaban J connectivity index is 1.73. The smallest absolute Gasteiger partial charge is 0.222 e. The molecule has 1 unspecified atom stereocenters. The molecule has 1 aliphatic rings. The monoisotopic (exact) mass is 435 g/mol. The maximum absolute atomic E-state index is 13.8. The summed E-state index contributed by atoms with van der Waals surface area (Å²) in [6.07, 6.45) is 3.99. The van der Waals surface area contributed by atoms with Gasteiger partial charge in [-0.15, -0.1) is 6.58 Å². The molecule has 0 radical (unpaired) electrons. The molecule has 1 fully saturated rings. The number of hydrogen-bond donors (Lipinski definition) is 1. The normalized spacial score (nSPS) is 15.5. The van der Waals surface area contributed by atoms with Crippen LogP contribution >= 0.6 is 0 Å². The summed E-state index contributed by atoms with van der Waals surface area (Å²) < 4.78 is 21.6. The van der Waals surface area contributed by atoms with Gasteiger partial charge in [0, 0.05) is 38.3 Å². The number of aromatic nitrogens is 2. The quantitative estimate of drug-likeness (QED) is 0.447. The Morgan fingerprint density at radius 2 is 2.00 bits per heavy atom. The molecule has 4 rings (SSSR count). The van der Waals surface area contributed by atoms with E-state index >= 15 is 0 Å². The molecule has 0 aliphatic heterocycles. The Labute approximate surface area is 188 Å². The van der Waals surface area contributed by atoms with E-state index < -0.39 is 5.60 Å². The van der Waals surface area contributed by atoms with Crippen LogP contribution < -0.4 is 4.74 Å². The van der Waals surface area contributed by atoms with Gasteiger partial charge in [0.25, 0.3) is 0 Å². The van der Waals surface area contributed by atoms with Crippen LogP contribution in [0.25, 0.3) is 11.3 Å². The highest BCUT2D eigenvalue weighted by Crippen LogP contribution is 2.36. The summed E-state index contributed by atoms with van der Waals surface area (Å²) in [6.45, 7) is 7.43. The van der Waals surface area contributed by atoms with Crippen molar-refractivity contribution in [3.8, 4) is 22.9 Å². The minimum Gasteiger partial charge on any atom is -0.439 e. The first-order valence-electron chi connectivity index (χ1n) is 11.0. The molecule has 32 heavy (non-hydrogen) atoms. The summed E-state index contributed by atoms with van der Waals surface area (Å²) in [5, 5.41) is 15.4. The number of hydrogen-bond acceptors (Lipinski definition) is 4. The van der Waals surface area contributed by atoms with Crippen molar-refractivity contribution in [2.75, 3.05) is 13.1 Å². The molecule has 0 saturated heterocycles. The molecular formula is C26H30FN3O2. The molecular weight excluding hydrogens is 405 g/mol. The third-order valence-electron chi connectivity index (χ3n) is 5.72. The van der Waals surface area contributed by atoms with E-state index in [-0.39, 0.29) is 5.82 Å². The number of rotatable bonds is 10. The average Bonchev–Trinajstić information content (AvgIpc) is 3.53. The molecule has 2 aromatic carbocycles. The summed E-state index contributed by atoms with van der Waals surface area (Å²) in [7, 11) is 1.83. The second-order valence-electron chi connectivity index (χ2n) is 8.86. The fourth-order valence-corrected chi connectivity index (χ4v) is 3.88. The van der Waals surface area contributed by atoms with E-state index in [9.17, 15) is 9.50 Å². The van der Waals surface area contributed by atoms with Gasteiger partial charge in [0.2, 0.25) is 5.88 Å². The molecule has 1 aliphatic carbocycles. The number of ether oxygens (including phenoxy) is 1. The average molecular weight is 436 g/mol. The van der Waals surface area contributed by atoms with Crippen molar-refractivity contribution in [1.29, 1.82) is 0 Å². The number of nitrogens with zero attached hydrogens (tertiary/aromatic N) is 3. The van der Waals surface area contributed by atoms with E-state index in [1.165, 1.54) is 25.0 Å². The topological polar surface area (TPSA) is 50.5 Å². The van der Waals surface area contributed by atoms with Crippen molar-refractivity contribution in [1.82, 2.24) is 14.7 Å². The summed E-state index contributed by atoms with van der Waals surface area (Å²) in [4.78, 5) is 2.24. The van der Waals surface area contributed by atoms with Gasteiger partial charge >= 0.3 is 0 Å². The minimum atomic E-state index is -1.01. The van der Waals surface area contributed by atoms with Gasteiger partial charge in [-0.3, -0.25) is 4.90 Å². The fraction of sp³-hybridized carbons (Fsp3) is 0.346. The second-order valence-corrected chi connectivity index (χ2v) is 8.86. The van der Waals surface area contributed by atoms with E-state index in [1.807, 2.05) is 37.4 Å². The Morgan fingerprint density at radius 3 is 2.66 bits per heavy atom. The zero-order valence-electron chi connectivity index (χ0n) is 18.7. The van der Waals surface area contributed by atoms with E-state index in [0.29, 0.717) is 30.6 Å². The molecule has 0 spiro atoms. The molecule has 0 bridgehead atoms. The summed E-state index contributed by atoms with van der Waals surface area (Å²) >= 11 is 0. The van der Waals surface area contributed by atoms with Crippen LogP contribution in [0.2, 0.25) is 0 Å². The van der Waals surface area contributed by atoms with Crippen LogP contribution in [0.5, 0.6) is 11.6 Å². The van der Waals surface area contributed by atoms with E-state index in [2.05, 4.69) is 11.5 Å². The van der Waals surface area contributed by atoms with Crippen molar-refractivity contribution in [3.05, 3.63) is 78.6 Å². The lowest BCUT2D eigenvalue weighted by Gasteiger charge is -2.30. The lowest BCUT2D eigenvalue weighted by atomic mass is 10.0. The third kappa shape index (κ3) is 5.44. The molecule has 1 atom stereocenters. The van der Waals surface area contributed by atoms with Gasteiger partial charge in [0.1, 0.15) is 17.3 Å². The maximum atomic E-state index is 13.8. The van der Waals surface area contributed by atoms with Crippen molar-refractivity contribution in [2.45, 2.75) is 31.9 Å². The predicted octanol–water partition coefficient (Wildman–Crippen LogP) is 5.17. The van der Waals surface area contributed by atoms with Gasteiger partial charge < -0.3 is 9.84 Å². The van der Waals surface area contributed by atoms with Crippen LogP contribution in [0.4, 0.5) is 4.39 Å². The lowest BCUT2D eigenvalue weighted by Crippen LogP contribution is -2.40. The van der Waals surface area contributed by atoms with Gasteiger partial charge in [-0.25, -0.2) is 9.07 Å². The molecule has 1 heterocycles. The van der Waals surface area contributed by atoms with E-state index in [1.54, 1.807) is 29.8 Å². The SMILES string of the molecule is C=CC(C)(O)CN(Cc1c(-c2ccccc2)nn(C)c1Oc1cccc(F)c1)CC1CC1. The first kappa shape index (κ1) is 22.2. The van der Waals surface area contributed by atoms with Crippen molar-refractivity contribution in [3.63, 3.8) is 0 Å². The van der Waals surface area contributed by atoms with Gasteiger partial charge in [-0.2, -0.15) is 5.10 Å². The van der Waals surface area contributed by atoms with Crippen molar-refractivity contribution < 1.29 is 14.2 Å². The summed E-state index contributed by atoms with van der Waals surface area (Å²) in [5.41, 5.74) is 1.70. The van der Waals surface area contributed by atoms with Gasteiger partial charge in [-0.1, -0.05) is 42.5 Å². The Morgan fingerprint density at radius 1 is 1.25 bits per heavy atom. The number of aliphatic hydroxyl groups is 1. The molecule has 168 valence electrons. The van der Waals surface area contributed by atoms with Crippen LogP contribution in [-0.2, 0) is 13.6 Å². The summed E-state index contributed by atoms with van der Waals surface area (Å²) in [6, 6.07) is 16.1. The Kier molecular flexibility index (Phi) is 6.44. The zero-order chi connectivity index (χ0) is 22.7. The minimum absolute atomic E-state index is 0.355. The van der Waals surface area contributed by atoms with Crippen LogP contribution in [0, 0.1) is 11.7 Å². The molecule has 1 aromatic heterocycles. The van der Waals surface area contributed by atoms with E-state index in [4.69, 9.17) is 9.84 Å². The Bertz CT molecular complexity index is 1070. The van der Waals surface area contributed by atoms with Gasteiger partial charge in [0.15, 0.2) is 0 Å². The van der Waals surface area contributed by atoms with Crippen LogP contribution in [-0.4, -0.2) is 38.5 Å². The largest absolute Gasteiger partial charge is 0.439 e. The third-order valence-corrected chi connectivity index (χ3v) is 5.72. The van der Waals surface area contributed by atoms with Crippen LogP contribution in [0.1, 0.15) is 25.3 Å². The van der Waals surface area contributed by atoms with Gasteiger partial charge in [0.05, 0.1) is 11.2 Å². The summed E-state index contributed by atoms with van der Waals surface area (Å²) in [5.74, 6) is 1.26. The lowest BCUT2D eigenvalue weighted by molar-refractivity contribution is 0.0566. The predicted molar refractivity (Wildman–Crippen MR) is 124 cm³/mol. The first-order chi connectivity index (χ1) is 15.3. The molecule has 1 saturated carbocycles. The second kappa shape index (κ2) is 9.27. The van der Waals surface area contributed by atoms with Crippen molar-refractivity contribution in [2.24, 2.45) is 13.0 Å². The Hall–Kier alpha value is -2.96. The molecule has 0 amide bonds. The maximum Gasteiger partial charge on any atom is 0.222 e. The van der Waals surface area contributed by atoms with Crippen LogP contribution in [0.15, 0.2) is 67.3 Å². The highest BCUT2D eigenvalue weighted by Gasteiger charge is 2.30. The number of aryl methyl sites for hydroxylation is 1. The zero-order valence-corrected chi connectivity index (χ0v) is 18.7. The fourth-order valence-electron chi connectivity index (χ4n) is 3.88. The molecule has 5 nitrogen and oxygen atoms in total. The standard InChI is InChI=1S/C26H30FN3O2/c1-4-26(2,31)18-30(16-19-13-14-19)17-23-24(20-9-6-5-7-10-20)28-29(3)25(23)32-22-12-8-11-21(27)15-22/h4-12,15,19,31H,1,13-14,16-18H2,2-3H3. The molecule has 3 aromatic rings. The van der Waals surface area contributed by atoms with Crippen LogP contribution in [0.3, 0.4) is 0 Å². The highest BCUT2D eigenvalue weighted by atomic mass is 19.1.